The summed E-state index contributed by atoms with van der Waals surface area (Å²) in [5.41, 5.74) is 1.22. The quantitative estimate of drug-likeness (QED) is 0.385. The lowest BCUT2D eigenvalue weighted by atomic mass is 10.2. The van der Waals surface area contributed by atoms with Crippen molar-refractivity contribution >= 4 is 0 Å². The van der Waals surface area contributed by atoms with Gasteiger partial charge in [0.1, 0.15) is 0 Å². The molecule has 0 unspecified atom stereocenters. The first-order chi connectivity index (χ1) is 5.16. The van der Waals surface area contributed by atoms with Gasteiger partial charge in [0.15, 0.2) is 10.7 Å². The molecule has 0 radical (unpaired) electrons. The Kier molecular flexibility index (Phi) is 4.83. The fraction of sp³-hybridized carbons (Fsp3) is 0.500. The van der Waals surface area contributed by atoms with E-state index in [1.54, 1.807) is 0 Å². The first-order valence-corrected chi connectivity index (χ1v) is 3.52. The molecular weight excluding hydrogens is 140 g/mol. The molecule has 0 spiro atoms. The number of hydrogen-bond acceptors (Lipinski definition) is 2. The smallest absolute Gasteiger partial charge is 0.387 e. The molecule has 0 aromatic carbocycles. The van der Waals surface area contributed by atoms with Gasteiger partial charge in [-0.05, 0) is 20.3 Å². The molecule has 0 atom stereocenters. The van der Waals surface area contributed by atoms with Gasteiger partial charge in [-0.2, -0.15) is 0 Å². The van der Waals surface area contributed by atoms with Gasteiger partial charge >= 0.3 is 6.20 Å². The Morgan fingerprint density at radius 2 is 2.18 bits per heavy atom. The fourth-order valence-corrected chi connectivity index (χ4v) is 0.640. The molecule has 1 N–H and O–H groups in total. The maximum atomic E-state index is 8.94. The molecule has 0 bridgehead atoms. The van der Waals surface area contributed by atoms with Crippen LogP contribution >= 0.6 is 0 Å². The maximum Gasteiger partial charge on any atom is 0.387 e. The van der Waals surface area contributed by atoms with E-state index in [1.165, 1.54) is 5.57 Å². The molecule has 0 aromatic rings. The van der Waals surface area contributed by atoms with Crippen LogP contribution in [0.3, 0.4) is 0 Å². The second kappa shape index (κ2) is 5.48. The van der Waals surface area contributed by atoms with Gasteiger partial charge in [0.2, 0.25) is 5.39 Å². The minimum atomic E-state index is 0.102. The number of hydrogen-bond donors (Lipinski definition) is 1. The molecular formula is C8H13N2O+. The molecule has 0 amide bonds. The number of allylic oxidation sites excluding steroid dienone is 3. The normalized spacial score (nSPS) is 10.5. The van der Waals surface area contributed by atoms with Crippen molar-refractivity contribution in [2.75, 3.05) is 0 Å². The molecule has 0 saturated heterocycles. The Labute approximate surface area is 66.7 Å². The van der Waals surface area contributed by atoms with E-state index in [0.29, 0.717) is 6.42 Å². The average molecular weight is 153 g/mol. The predicted octanol–water partition coefficient (Wildman–Crippen LogP) is 2.99. The largest absolute Gasteiger partial charge is 0.505 e. The molecule has 11 heavy (non-hydrogen) atoms. The molecule has 3 nitrogen and oxygen atoms in total. The molecule has 0 rings (SSSR count). The van der Waals surface area contributed by atoms with E-state index >= 15 is 0 Å². The standard InChI is InChI=1S/C8H12N2O/c1-7(2)4-3-5-8(11)6-10-9/h4,6H,3,5H2,1-2H3/p+1/b8-6-. The van der Waals surface area contributed by atoms with Crippen molar-refractivity contribution in [2.45, 2.75) is 26.7 Å². The van der Waals surface area contributed by atoms with Crippen LogP contribution in [0.15, 0.2) is 23.6 Å². The summed E-state index contributed by atoms with van der Waals surface area (Å²) in [7, 11) is 0. The van der Waals surface area contributed by atoms with Crippen LogP contribution < -0.4 is 0 Å². The number of aliphatic hydroxyl groups excluding tert-OH is 1. The van der Waals surface area contributed by atoms with Crippen molar-refractivity contribution in [1.29, 1.82) is 5.39 Å². The number of diazo groups is 1. The molecule has 0 saturated carbocycles. The highest BCUT2D eigenvalue weighted by molar-refractivity contribution is 5.00. The highest BCUT2D eigenvalue weighted by atomic mass is 16.3. The predicted molar refractivity (Wildman–Crippen MR) is 44.5 cm³/mol. The first kappa shape index (κ1) is 9.70. The van der Waals surface area contributed by atoms with Gasteiger partial charge < -0.3 is 5.11 Å². The summed E-state index contributed by atoms with van der Waals surface area (Å²) < 4.78 is 0. The number of nitrogens with zero attached hydrogens (tertiary/aromatic N) is 2. The van der Waals surface area contributed by atoms with Gasteiger partial charge in [-0.15, -0.1) is 0 Å². The van der Waals surface area contributed by atoms with E-state index in [-0.39, 0.29) is 5.76 Å². The highest BCUT2D eigenvalue weighted by Crippen LogP contribution is 2.03. The Morgan fingerprint density at radius 1 is 1.55 bits per heavy atom. The fourth-order valence-electron chi connectivity index (χ4n) is 0.640. The summed E-state index contributed by atoms with van der Waals surface area (Å²) in [6.07, 6.45) is 4.36. The van der Waals surface area contributed by atoms with Crippen molar-refractivity contribution in [3.8, 4) is 0 Å². The molecule has 0 aliphatic carbocycles. The van der Waals surface area contributed by atoms with Crippen LogP contribution in [0.1, 0.15) is 26.7 Å². The second-order valence-corrected chi connectivity index (χ2v) is 2.56. The minimum Gasteiger partial charge on any atom is -0.505 e. The Hall–Kier alpha value is -1.30. The maximum absolute atomic E-state index is 8.94. The van der Waals surface area contributed by atoms with Gasteiger partial charge in [0, 0.05) is 6.42 Å². The van der Waals surface area contributed by atoms with Crippen molar-refractivity contribution in [3.05, 3.63) is 28.6 Å². The van der Waals surface area contributed by atoms with Gasteiger partial charge in [-0.25, -0.2) is 0 Å². The summed E-state index contributed by atoms with van der Waals surface area (Å²) in [4.78, 5) is 2.70. The van der Waals surface area contributed by atoms with E-state index in [1.807, 2.05) is 19.9 Å². The third kappa shape index (κ3) is 6.59. The van der Waals surface area contributed by atoms with Crippen molar-refractivity contribution < 1.29 is 5.11 Å². The zero-order valence-corrected chi connectivity index (χ0v) is 6.91. The number of aliphatic hydroxyl groups is 1. The molecule has 60 valence electrons. The Bertz CT molecular complexity index is 207. The SMILES string of the molecule is CC(C)=CCC/C(O)=C/[N+]#N. The van der Waals surface area contributed by atoms with Crippen LogP contribution in [0.4, 0.5) is 0 Å². The third-order valence-corrected chi connectivity index (χ3v) is 1.16. The highest BCUT2D eigenvalue weighted by Gasteiger charge is 1.96. The van der Waals surface area contributed by atoms with Crippen LogP contribution in [-0.4, -0.2) is 5.11 Å². The first-order valence-electron chi connectivity index (χ1n) is 3.52. The Morgan fingerprint density at radius 3 is 2.64 bits per heavy atom. The van der Waals surface area contributed by atoms with Crippen LogP contribution in [0.25, 0.3) is 4.98 Å². The molecule has 0 aromatic heterocycles. The van der Waals surface area contributed by atoms with Gasteiger partial charge in [-0.1, -0.05) is 11.6 Å². The van der Waals surface area contributed by atoms with E-state index in [9.17, 15) is 0 Å². The summed E-state index contributed by atoms with van der Waals surface area (Å²) in [5.74, 6) is 0.102. The summed E-state index contributed by atoms with van der Waals surface area (Å²) >= 11 is 0. The lowest BCUT2D eigenvalue weighted by Crippen LogP contribution is -1.78. The molecule has 0 fully saturated rings. The van der Waals surface area contributed by atoms with Gasteiger partial charge in [-0.3, -0.25) is 0 Å². The van der Waals surface area contributed by atoms with E-state index in [4.69, 9.17) is 10.5 Å². The topological polar surface area (TPSA) is 48.4 Å². The zero-order chi connectivity index (χ0) is 8.69. The Balaban J connectivity index is 3.65. The lowest BCUT2D eigenvalue weighted by Gasteiger charge is -1.90. The van der Waals surface area contributed by atoms with E-state index in [0.717, 1.165) is 12.6 Å². The van der Waals surface area contributed by atoms with Crippen LogP contribution in [0.2, 0.25) is 0 Å². The molecule has 3 heteroatoms. The zero-order valence-electron chi connectivity index (χ0n) is 6.91. The van der Waals surface area contributed by atoms with Gasteiger partial charge in [0.05, 0.1) is 0 Å². The number of rotatable bonds is 3. The molecule has 0 aliphatic rings. The summed E-state index contributed by atoms with van der Waals surface area (Å²) in [5, 5.41) is 17.0. The van der Waals surface area contributed by atoms with Crippen LogP contribution in [0, 0.1) is 5.39 Å². The third-order valence-electron chi connectivity index (χ3n) is 1.16. The van der Waals surface area contributed by atoms with E-state index < -0.39 is 0 Å². The minimum absolute atomic E-state index is 0.102. The second-order valence-electron chi connectivity index (χ2n) is 2.56. The monoisotopic (exact) mass is 153 g/mol. The van der Waals surface area contributed by atoms with Crippen molar-refractivity contribution in [1.82, 2.24) is 0 Å². The van der Waals surface area contributed by atoms with E-state index in [2.05, 4.69) is 4.98 Å². The molecule has 0 aliphatic heterocycles. The summed E-state index contributed by atoms with van der Waals surface area (Å²) in [6, 6.07) is 0. The average Bonchev–Trinajstić information content (AvgIpc) is 1.87. The van der Waals surface area contributed by atoms with Crippen LogP contribution in [-0.2, 0) is 0 Å². The van der Waals surface area contributed by atoms with Crippen molar-refractivity contribution in [2.24, 2.45) is 0 Å². The molecule has 0 heterocycles. The van der Waals surface area contributed by atoms with Crippen LogP contribution in [0.5, 0.6) is 0 Å². The summed E-state index contributed by atoms with van der Waals surface area (Å²) in [6.45, 7) is 3.99. The van der Waals surface area contributed by atoms with Crippen molar-refractivity contribution in [3.63, 3.8) is 0 Å². The van der Waals surface area contributed by atoms with Gasteiger partial charge in [0.25, 0.3) is 0 Å². The lowest BCUT2D eigenvalue weighted by molar-refractivity contribution is 0.389.